The third kappa shape index (κ3) is 9.03. The molecule has 0 aliphatic heterocycles. The Morgan fingerprint density at radius 1 is 1.33 bits per heavy atom. The second-order valence-corrected chi connectivity index (χ2v) is 2.47. The number of hydrogen-bond donors (Lipinski definition) is 0. The molecule has 0 heterocycles. The van der Waals surface area contributed by atoms with Crippen molar-refractivity contribution >= 4 is 6.21 Å². The summed E-state index contributed by atoms with van der Waals surface area (Å²) in [6.45, 7) is 2.17. The van der Waals surface area contributed by atoms with E-state index in [1.807, 2.05) is 0 Å². The molecule has 0 saturated carbocycles. The minimum atomic E-state index is 0.882. The molecule has 0 aliphatic carbocycles. The van der Waals surface area contributed by atoms with Gasteiger partial charge in [-0.1, -0.05) is 18.5 Å². The van der Waals surface area contributed by atoms with Crippen molar-refractivity contribution in [1.82, 2.24) is 0 Å². The molecule has 0 bridgehead atoms. The molecule has 68 valence electrons. The van der Waals surface area contributed by atoms with Gasteiger partial charge in [0.1, 0.15) is 7.11 Å². The minimum absolute atomic E-state index is 0.882. The van der Waals surface area contributed by atoms with Gasteiger partial charge in [0.25, 0.3) is 0 Å². The predicted molar refractivity (Wildman–Crippen MR) is 52.0 cm³/mol. The van der Waals surface area contributed by atoms with Crippen LogP contribution in [0.4, 0.5) is 0 Å². The third-order valence-electron chi connectivity index (χ3n) is 1.36. The highest BCUT2D eigenvalue weighted by Crippen LogP contribution is 1.91. The third-order valence-corrected chi connectivity index (χ3v) is 1.36. The Bertz CT molecular complexity index is 164. The van der Waals surface area contributed by atoms with Crippen LogP contribution in [-0.4, -0.2) is 13.3 Å². The van der Waals surface area contributed by atoms with Crippen molar-refractivity contribution in [3.63, 3.8) is 0 Å². The average Bonchev–Trinajstić information content (AvgIpc) is 2.10. The van der Waals surface area contributed by atoms with Crippen LogP contribution in [-0.2, 0) is 4.84 Å². The first-order chi connectivity index (χ1) is 5.91. The molecule has 0 N–H and O–H groups in total. The average molecular weight is 167 g/mol. The Hall–Kier alpha value is -0.970. The Kier molecular flexibility index (Phi) is 9.22. The summed E-state index contributed by atoms with van der Waals surface area (Å²) in [5, 5.41) is 3.61. The quantitative estimate of drug-likeness (QED) is 0.267. The van der Waals surface area contributed by atoms with Crippen molar-refractivity contribution in [3.8, 4) is 11.8 Å². The lowest BCUT2D eigenvalue weighted by atomic mass is 10.2. The summed E-state index contributed by atoms with van der Waals surface area (Å²) in [5.41, 5.74) is 0. The Morgan fingerprint density at radius 2 is 2.08 bits per heavy atom. The van der Waals surface area contributed by atoms with Crippen LogP contribution in [0.15, 0.2) is 5.16 Å². The maximum Gasteiger partial charge on any atom is 0.106 e. The molecule has 0 aromatic rings. The molecular formula is C10H17NO. The maximum absolute atomic E-state index is 4.51. The highest BCUT2D eigenvalue weighted by Gasteiger charge is 1.77. The number of rotatable bonds is 5. The van der Waals surface area contributed by atoms with E-state index in [1.54, 1.807) is 13.3 Å². The maximum atomic E-state index is 4.51. The topological polar surface area (TPSA) is 21.6 Å². The molecule has 0 spiro atoms. The van der Waals surface area contributed by atoms with Gasteiger partial charge in [0.2, 0.25) is 0 Å². The largest absolute Gasteiger partial charge is 0.399 e. The van der Waals surface area contributed by atoms with Gasteiger partial charge in [0, 0.05) is 19.1 Å². The first-order valence-corrected chi connectivity index (χ1v) is 4.42. The van der Waals surface area contributed by atoms with E-state index in [9.17, 15) is 0 Å². The Labute approximate surface area is 75.0 Å². The molecule has 0 unspecified atom stereocenters. The summed E-state index contributed by atoms with van der Waals surface area (Å²) in [7, 11) is 1.55. The van der Waals surface area contributed by atoms with Gasteiger partial charge in [-0.05, 0) is 12.8 Å². The number of nitrogens with zero attached hydrogens (tertiary/aromatic N) is 1. The molecule has 12 heavy (non-hydrogen) atoms. The predicted octanol–water partition coefficient (Wildman–Crippen LogP) is 2.59. The zero-order chi connectivity index (χ0) is 9.07. The molecule has 0 atom stereocenters. The molecule has 2 nitrogen and oxygen atoms in total. The van der Waals surface area contributed by atoms with Crippen LogP contribution in [0, 0.1) is 11.8 Å². The van der Waals surface area contributed by atoms with Crippen LogP contribution in [0.5, 0.6) is 0 Å². The molecule has 0 aromatic heterocycles. The highest BCUT2D eigenvalue weighted by molar-refractivity contribution is 5.56. The zero-order valence-corrected chi connectivity index (χ0v) is 7.97. The molecule has 0 rings (SSSR count). The highest BCUT2D eigenvalue weighted by atomic mass is 16.6. The van der Waals surface area contributed by atoms with Crippen LogP contribution in [0.1, 0.15) is 39.0 Å². The Balaban J connectivity index is 3.15. The molecule has 0 fully saturated rings. The molecule has 0 radical (unpaired) electrons. The lowest BCUT2D eigenvalue weighted by Gasteiger charge is -1.85. The second-order valence-electron chi connectivity index (χ2n) is 2.47. The molecule has 0 aliphatic rings. The van der Waals surface area contributed by atoms with Crippen molar-refractivity contribution in [2.24, 2.45) is 5.16 Å². The monoisotopic (exact) mass is 167 g/mol. The fourth-order valence-corrected chi connectivity index (χ4v) is 0.706. The molecule has 2 heteroatoms. The van der Waals surface area contributed by atoms with Gasteiger partial charge < -0.3 is 4.84 Å². The van der Waals surface area contributed by atoms with Crippen molar-refractivity contribution < 1.29 is 4.84 Å². The van der Waals surface area contributed by atoms with Crippen LogP contribution in [0.3, 0.4) is 0 Å². The number of unbranched alkanes of at least 4 members (excludes halogenated alkanes) is 3. The van der Waals surface area contributed by atoms with E-state index in [0.29, 0.717) is 0 Å². The summed E-state index contributed by atoms with van der Waals surface area (Å²) in [6, 6.07) is 0. The summed E-state index contributed by atoms with van der Waals surface area (Å²) in [6.07, 6.45) is 6.97. The number of hydrogen-bond acceptors (Lipinski definition) is 2. The zero-order valence-electron chi connectivity index (χ0n) is 7.97. The van der Waals surface area contributed by atoms with E-state index in [-0.39, 0.29) is 0 Å². The fourth-order valence-electron chi connectivity index (χ4n) is 0.706. The van der Waals surface area contributed by atoms with E-state index >= 15 is 0 Å². The van der Waals surface area contributed by atoms with Crippen molar-refractivity contribution in [2.45, 2.75) is 39.0 Å². The van der Waals surface area contributed by atoms with E-state index in [4.69, 9.17) is 0 Å². The van der Waals surface area contributed by atoms with Gasteiger partial charge in [-0.15, -0.1) is 11.8 Å². The van der Waals surface area contributed by atoms with Crippen molar-refractivity contribution in [1.29, 1.82) is 0 Å². The SMILES string of the molecule is CCCCC#CCC/C=N/OC. The lowest BCUT2D eigenvalue weighted by Crippen LogP contribution is -1.75. The van der Waals surface area contributed by atoms with E-state index in [1.165, 1.54) is 12.8 Å². The summed E-state index contributed by atoms with van der Waals surface area (Å²) >= 11 is 0. The molecule has 0 amide bonds. The molecule has 0 aromatic carbocycles. The standard InChI is InChI=1S/C10H17NO/c1-3-4-5-6-7-8-9-10-11-12-2/h10H,3-5,8-9H2,1-2H3/b11-10+. The van der Waals surface area contributed by atoms with E-state index in [0.717, 1.165) is 19.3 Å². The van der Waals surface area contributed by atoms with Crippen molar-refractivity contribution in [3.05, 3.63) is 0 Å². The van der Waals surface area contributed by atoms with Gasteiger partial charge in [0.15, 0.2) is 0 Å². The van der Waals surface area contributed by atoms with Gasteiger partial charge in [-0.2, -0.15) is 0 Å². The van der Waals surface area contributed by atoms with Crippen LogP contribution in [0.25, 0.3) is 0 Å². The molecular weight excluding hydrogens is 150 g/mol. The van der Waals surface area contributed by atoms with Crippen LogP contribution < -0.4 is 0 Å². The number of oxime groups is 1. The van der Waals surface area contributed by atoms with Crippen molar-refractivity contribution in [2.75, 3.05) is 7.11 Å². The van der Waals surface area contributed by atoms with E-state index in [2.05, 4.69) is 28.8 Å². The van der Waals surface area contributed by atoms with Gasteiger partial charge in [-0.3, -0.25) is 0 Å². The first kappa shape index (κ1) is 11.0. The minimum Gasteiger partial charge on any atom is -0.399 e. The molecule has 0 saturated heterocycles. The van der Waals surface area contributed by atoms with Crippen LogP contribution in [0.2, 0.25) is 0 Å². The fraction of sp³-hybridized carbons (Fsp3) is 0.700. The van der Waals surface area contributed by atoms with Gasteiger partial charge in [-0.25, -0.2) is 0 Å². The lowest BCUT2D eigenvalue weighted by molar-refractivity contribution is 0.214. The summed E-state index contributed by atoms with van der Waals surface area (Å²) in [5.74, 6) is 6.19. The normalized spacial score (nSPS) is 9.50. The second kappa shape index (κ2) is 10.0. The smallest absolute Gasteiger partial charge is 0.106 e. The van der Waals surface area contributed by atoms with Gasteiger partial charge in [0.05, 0.1) is 0 Å². The summed E-state index contributed by atoms with van der Waals surface area (Å²) in [4.78, 5) is 4.51. The first-order valence-electron chi connectivity index (χ1n) is 4.42. The van der Waals surface area contributed by atoms with Gasteiger partial charge >= 0.3 is 0 Å². The Morgan fingerprint density at radius 3 is 2.75 bits per heavy atom. The summed E-state index contributed by atoms with van der Waals surface area (Å²) < 4.78 is 0. The van der Waals surface area contributed by atoms with Crippen LogP contribution >= 0.6 is 0 Å². The van der Waals surface area contributed by atoms with E-state index < -0.39 is 0 Å².